The zero-order valence-electron chi connectivity index (χ0n) is 14.8. The summed E-state index contributed by atoms with van der Waals surface area (Å²) in [6.45, 7) is 3.79. The van der Waals surface area contributed by atoms with Crippen LogP contribution in [-0.2, 0) is 4.57 Å². The van der Waals surface area contributed by atoms with Gasteiger partial charge in [-0.05, 0) is 67.4 Å². The average Bonchev–Trinajstić information content (AvgIpc) is 2.58. The largest absolute Gasteiger partial charge is 0.541 e. The molecule has 0 fully saturated rings. The van der Waals surface area contributed by atoms with E-state index in [4.69, 9.17) is 20.6 Å². The van der Waals surface area contributed by atoms with E-state index in [-0.39, 0.29) is 5.02 Å². The minimum absolute atomic E-state index is 0.0994. The molecule has 0 radical (unpaired) electrons. The fourth-order valence-electron chi connectivity index (χ4n) is 2.41. The molecule has 0 aliphatic rings. The Labute approximate surface area is 162 Å². The molecule has 0 atom stereocenters. The fourth-order valence-corrected chi connectivity index (χ4v) is 3.96. The van der Waals surface area contributed by atoms with E-state index in [2.05, 4.69) is 5.09 Å². The smallest absolute Gasteiger partial charge is 0.400 e. The van der Waals surface area contributed by atoms with Crippen molar-refractivity contribution in [2.75, 3.05) is 5.09 Å². The summed E-state index contributed by atoms with van der Waals surface area (Å²) in [5.74, 6) is 0.189. The van der Waals surface area contributed by atoms with Crippen molar-refractivity contribution < 1.29 is 18.0 Å². The number of anilines is 1. The number of hydrogen-bond donors (Lipinski definition) is 1. The highest BCUT2D eigenvalue weighted by atomic mass is 35.5. The van der Waals surface area contributed by atoms with Crippen LogP contribution in [0.1, 0.15) is 11.1 Å². The standard InChI is InChI=1S/C20H18ClFNO3P/c1-14-5-3-7-17(11-14)25-27(24,26-18-8-4-6-15(2)12-18)23-16-9-10-20(22)19(21)13-16/h3-13H,1-2H3,(H,23,24). The summed E-state index contributed by atoms with van der Waals surface area (Å²) in [4.78, 5) is 0. The van der Waals surface area contributed by atoms with E-state index in [0.29, 0.717) is 17.2 Å². The van der Waals surface area contributed by atoms with Crippen LogP contribution in [0.25, 0.3) is 0 Å². The van der Waals surface area contributed by atoms with Gasteiger partial charge >= 0.3 is 7.75 Å². The summed E-state index contributed by atoms with van der Waals surface area (Å²) < 4.78 is 38.2. The van der Waals surface area contributed by atoms with E-state index in [0.717, 1.165) is 11.1 Å². The van der Waals surface area contributed by atoms with Gasteiger partial charge in [0.2, 0.25) is 0 Å². The van der Waals surface area contributed by atoms with E-state index in [9.17, 15) is 8.96 Å². The Kier molecular flexibility index (Phi) is 5.73. The molecule has 4 nitrogen and oxygen atoms in total. The third kappa shape index (κ3) is 5.25. The van der Waals surface area contributed by atoms with Crippen molar-refractivity contribution in [1.29, 1.82) is 0 Å². The normalized spacial score (nSPS) is 11.1. The molecule has 0 saturated carbocycles. The zero-order chi connectivity index (χ0) is 19.4. The highest BCUT2D eigenvalue weighted by molar-refractivity contribution is 7.56. The number of rotatable bonds is 6. The number of halogens is 2. The van der Waals surface area contributed by atoms with Crippen molar-refractivity contribution in [3.05, 3.63) is 88.7 Å². The van der Waals surface area contributed by atoms with Gasteiger partial charge in [-0.25, -0.2) is 8.96 Å². The molecule has 140 valence electrons. The number of hydrogen-bond acceptors (Lipinski definition) is 3. The Morgan fingerprint density at radius 3 is 1.93 bits per heavy atom. The molecule has 1 N–H and O–H groups in total. The quantitative estimate of drug-likeness (QED) is 0.459. The third-order valence-electron chi connectivity index (χ3n) is 3.62. The summed E-state index contributed by atoms with van der Waals surface area (Å²) in [6, 6.07) is 18.1. The molecule has 27 heavy (non-hydrogen) atoms. The molecule has 0 saturated heterocycles. The van der Waals surface area contributed by atoms with E-state index < -0.39 is 13.6 Å². The van der Waals surface area contributed by atoms with Crippen molar-refractivity contribution >= 4 is 25.0 Å². The van der Waals surface area contributed by atoms with Crippen LogP contribution in [0.4, 0.5) is 10.1 Å². The van der Waals surface area contributed by atoms with Gasteiger partial charge in [0.05, 0.1) is 5.02 Å². The van der Waals surface area contributed by atoms with Gasteiger partial charge in [-0.1, -0.05) is 35.9 Å². The zero-order valence-corrected chi connectivity index (χ0v) is 16.4. The molecule has 3 aromatic rings. The van der Waals surface area contributed by atoms with Gasteiger partial charge in [0.1, 0.15) is 17.3 Å². The Balaban J connectivity index is 1.93. The summed E-state index contributed by atoms with van der Waals surface area (Å²) in [5.41, 5.74) is 2.20. The fraction of sp³-hybridized carbons (Fsp3) is 0.100. The second-order valence-corrected chi connectivity index (χ2v) is 8.04. The average molecular weight is 406 g/mol. The van der Waals surface area contributed by atoms with Crippen molar-refractivity contribution in [2.24, 2.45) is 0 Å². The number of benzene rings is 3. The Hall–Kier alpha value is -2.49. The van der Waals surface area contributed by atoms with Crippen LogP contribution in [-0.4, -0.2) is 0 Å². The van der Waals surface area contributed by atoms with Gasteiger partial charge in [-0.2, -0.15) is 0 Å². The summed E-state index contributed by atoms with van der Waals surface area (Å²) in [5, 5.41) is 2.62. The lowest BCUT2D eigenvalue weighted by atomic mass is 10.2. The lowest BCUT2D eigenvalue weighted by Crippen LogP contribution is -2.10. The van der Waals surface area contributed by atoms with Crippen LogP contribution in [0.5, 0.6) is 11.5 Å². The second-order valence-electron chi connectivity index (χ2n) is 6.05. The third-order valence-corrected chi connectivity index (χ3v) is 5.34. The van der Waals surface area contributed by atoms with Crippen molar-refractivity contribution in [1.82, 2.24) is 0 Å². The van der Waals surface area contributed by atoms with Crippen LogP contribution in [0.2, 0.25) is 5.02 Å². The topological polar surface area (TPSA) is 47.6 Å². The summed E-state index contributed by atoms with van der Waals surface area (Å²) in [7, 11) is -3.89. The molecule has 7 heteroatoms. The van der Waals surface area contributed by atoms with Gasteiger partial charge < -0.3 is 9.05 Å². The van der Waals surface area contributed by atoms with Gasteiger partial charge in [0.25, 0.3) is 0 Å². The van der Waals surface area contributed by atoms with Crippen LogP contribution in [0.15, 0.2) is 66.7 Å². The van der Waals surface area contributed by atoms with E-state index in [1.165, 1.54) is 18.2 Å². The van der Waals surface area contributed by atoms with Crippen LogP contribution < -0.4 is 14.1 Å². The molecule has 0 aliphatic heterocycles. The van der Waals surface area contributed by atoms with E-state index in [1.807, 2.05) is 26.0 Å². The van der Waals surface area contributed by atoms with Crippen LogP contribution >= 0.6 is 19.3 Å². The first-order valence-corrected chi connectivity index (χ1v) is 10.1. The molecular formula is C20H18ClFNO3P. The molecule has 0 amide bonds. The first kappa shape index (κ1) is 19.3. The maximum atomic E-state index is 13.4. The van der Waals surface area contributed by atoms with E-state index in [1.54, 1.807) is 36.4 Å². The maximum Gasteiger partial charge on any atom is 0.541 e. The molecule has 0 aliphatic carbocycles. The first-order valence-electron chi connectivity index (χ1n) is 8.19. The predicted octanol–water partition coefficient (Wildman–Crippen LogP) is 6.77. The van der Waals surface area contributed by atoms with Crippen molar-refractivity contribution in [3.63, 3.8) is 0 Å². The van der Waals surface area contributed by atoms with Gasteiger partial charge in [-0.15, -0.1) is 0 Å². The highest BCUT2D eigenvalue weighted by Crippen LogP contribution is 2.48. The molecule has 0 bridgehead atoms. The minimum atomic E-state index is -3.89. The monoisotopic (exact) mass is 405 g/mol. The van der Waals surface area contributed by atoms with Crippen molar-refractivity contribution in [2.45, 2.75) is 13.8 Å². The highest BCUT2D eigenvalue weighted by Gasteiger charge is 2.29. The molecule has 3 aromatic carbocycles. The number of aryl methyl sites for hydroxylation is 2. The second kappa shape index (κ2) is 8.03. The summed E-state index contributed by atoms with van der Waals surface area (Å²) >= 11 is 5.82. The lowest BCUT2D eigenvalue weighted by molar-refractivity contribution is 0.392. The minimum Gasteiger partial charge on any atom is -0.400 e. The van der Waals surface area contributed by atoms with Crippen LogP contribution in [0.3, 0.4) is 0 Å². The Bertz CT molecular complexity index is 961. The van der Waals surface area contributed by atoms with Gasteiger partial charge in [-0.3, -0.25) is 5.09 Å². The summed E-state index contributed by atoms with van der Waals surface area (Å²) in [6.07, 6.45) is 0. The molecule has 3 rings (SSSR count). The van der Waals surface area contributed by atoms with Gasteiger partial charge in [0.15, 0.2) is 0 Å². The SMILES string of the molecule is Cc1cccc(OP(=O)(Nc2ccc(F)c(Cl)c2)Oc2cccc(C)c2)c1. The van der Waals surface area contributed by atoms with Crippen LogP contribution in [0, 0.1) is 19.7 Å². The predicted molar refractivity (Wildman–Crippen MR) is 106 cm³/mol. The molecule has 0 unspecified atom stereocenters. The van der Waals surface area contributed by atoms with Gasteiger partial charge in [0, 0.05) is 5.69 Å². The lowest BCUT2D eigenvalue weighted by Gasteiger charge is -2.21. The maximum absolute atomic E-state index is 13.4. The number of nitrogens with one attached hydrogen (secondary N) is 1. The molecule has 0 aromatic heterocycles. The van der Waals surface area contributed by atoms with E-state index >= 15 is 0 Å². The Morgan fingerprint density at radius 1 is 0.889 bits per heavy atom. The molecular weight excluding hydrogens is 388 g/mol. The Morgan fingerprint density at radius 2 is 1.44 bits per heavy atom. The first-order chi connectivity index (χ1) is 12.8. The van der Waals surface area contributed by atoms with Crippen molar-refractivity contribution in [3.8, 4) is 11.5 Å². The molecule has 0 heterocycles. The molecule has 0 spiro atoms.